The van der Waals surface area contributed by atoms with Crippen LogP contribution in [0.5, 0.6) is 5.75 Å². The molecule has 4 nitrogen and oxygen atoms in total. The second kappa shape index (κ2) is 7.52. The Morgan fingerprint density at radius 3 is 1.97 bits per heavy atom. The third-order valence-corrected chi connectivity index (χ3v) is 5.55. The molecule has 4 heteroatoms. The van der Waals surface area contributed by atoms with E-state index >= 15 is 0 Å². The Morgan fingerprint density at radius 1 is 0.774 bits per heavy atom. The summed E-state index contributed by atoms with van der Waals surface area (Å²) in [5.74, 6) is 0.834. The molecule has 0 radical (unpaired) electrons. The van der Waals surface area contributed by atoms with Crippen molar-refractivity contribution in [3.8, 4) is 28.1 Å². The Labute approximate surface area is 184 Å². The molecule has 2 aromatic heterocycles. The van der Waals surface area contributed by atoms with Crippen LogP contribution in [0.4, 0.5) is 0 Å². The number of benzene rings is 2. The summed E-state index contributed by atoms with van der Waals surface area (Å²) in [7, 11) is 1.69. The molecule has 0 aliphatic heterocycles. The van der Waals surface area contributed by atoms with Crippen LogP contribution >= 0.6 is 0 Å². The van der Waals surface area contributed by atoms with Gasteiger partial charge in [0, 0.05) is 16.4 Å². The van der Waals surface area contributed by atoms with Crippen molar-refractivity contribution >= 4 is 5.65 Å². The zero-order valence-electron chi connectivity index (χ0n) is 19.5. The van der Waals surface area contributed by atoms with Crippen LogP contribution in [0.2, 0.25) is 0 Å². The quantitative estimate of drug-likeness (QED) is 0.377. The van der Waals surface area contributed by atoms with Gasteiger partial charge in [-0.1, -0.05) is 84.0 Å². The van der Waals surface area contributed by atoms with Crippen molar-refractivity contribution in [2.24, 2.45) is 0 Å². The van der Waals surface area contributed by atoms with Crippen LogP contribution in [0.25, 0.3) is 28.0 Å². The molecule has 4 aromatic rings. The predicted octanol–water partition coefficient (Wildman–Crippen LogP) is 6.67. The van der Waals surface area contributed by atoms with E-state index in [2.05, 4.69) is 84.0 Å². The van der Waals surface area contributed by atoms with E-state index in [4.69, 9.17) is 14.8 Å². The highest BCUT2D eigenvalue weighted by Crippen LogP contribution is 2.38. The number of hydrogen-bond donors (Lipinski definition) is 0. The molecule has 0 saturated heterocycles. The van der Waals surface area contributed by atoms with Gasteiger partial charge in [-0.3, -0.25) is 0 Å². The molecule has 160 valence electrons. The number of nitrogens with zero attached hydrogens (tertiary/aromatic N) is 3. The molecule has 0 saturated carbocycles. The smallest absolute Gasteiger partial charge is 0.164 e. The van der Waals surface area contributed by atoms with E-state index in [1.54, 1.807) is 7.11 Å². The zero-order chi connectivity index (χ0) is 22.4. The Bertz CT molecular complexity index is 1210. The van der Waals surface area contributed by atoms with E-state index in [0.29, 0.717) is 0 Å². The number of aromatic nitrogens is 3. The van der Waals surface area contributed by atoms with Gasteiger partial charge in [0.2, 0.25) is 0 Å². The Morgan fingerprint density at radius 2 is 1.42 bits per heavy atom. The average molecular weight is 414 g/mol. The second-order valence-corrected chi connectivity index (χ2v) is 10.1. The maximum absolute atomic E-state index is 5.38. The lowest BCUT2D eigenvalue weighted by Gasteiger charge is -2.25. The van der Waals surface area contributed by atoms with Crippen LogP contribution in [-0.2, 0) is 10.8 Å². The van der Waals surface area contributed by atoms with Crippen molar-refractivity contribution in [2.75, 3.05) is 7.11 Å². The molecule has 31 heavy (non-hydrogen) atoms. The predicted molar refractivity (Wildman–Crippen MR) is 128 cm³/mol. The van der Waals surface area contributed by atoms with Crippen LogP contribution in [0.15, 0.2) is 60.7 Å². The maximum Gasteiger partial charge on any atom is 0.164 e. The summed E-state index contributed by atoms with van der Waals surface area (Å²) in [5, 5.41) is 5.11. The molecule has 4 rings (SSSR count). The largest absolute Gasteiger partial charge is 0.497 e. The Hall–Kier alpha value is -3.14. The molecule has 0 N–H and O–H groups in total. The van der Waals surface area contributed by atoms with Gasteiger partial charge in [0.1, 0.15) is 11.4 Å². The highest BCUT2D eigenvalue weighted by atomic mass is 16.5. The van der Waals surface area contributed by atoms with E-state index in [9.17, 15) is 0 Å². The first kappa shape index (κ1) is 21.1. The number of rotatable bonds is 3. The summed E-state index contributed by atoms with van der Waals surface area (Å²) in [6, 6.07) is 20.7. The first-order valence-corrected chi connectivity index (χ1v) is 10.7. The van der Waals surface area contributed by atoms with Crippen molar-refractivity contribution in [3.63, 3.8) is 0 Å². The minimum absolute atomic E-state index is 0.0733. The van der Waals surface area contributed by atoms with Gasteiger partial charge in [0.15, 0.2) is 5.65 Å². The SMILES string of the molecule is COc1ccc(-c2c(-c3ccccc3)nn3c(C(C)(C)C)cc(C(C)(C)C)nc23)cc1. The number of hydrogen-bond acceptors (Lipinski definition) is 3. The van der Waals surface area contributed by atoms with Crippen LogP contribution in [0.3, 0.4) is 0 Å². The molecule has 2 aromatic carbocycles. The minimum Gasteiger partial charge on any atom is -0.497 e. The maximum atomic E-state index is 5.38. The summed E-state index contributed by atoms with van der Waals surface area (Å²) in [6.45, 7) is 13.3. The first-order valence-electron chi connectivity index (χ1n) is 10.7. The van der Waals surface area contributed by atoms with Crippen molar-refractivity contribution in [1.29, 1.82) is 0 Å². The van der Waals surface area contributed by atoms with Crippen molar-refractivity contribution in [3.05, 3.63) is 72.1 Å². The molecule has 0 atom stereocenters. The first-order chi connectivity index (χ1) is 14.6. The Balaban J connectivity index is 2.13. The second-order valence-electron chi connectivity index (χ2n) is 10.1. The third-order valence-electron chi connectivity index (χ3n) is 5.55. The van der Waals surface area contributed by atoms with Crippen LogP contribution < -0.4 is 4.74 Å². The summed E-state index contributed by atoms with van der Waals surface area (Å²) < 4.78 is 7.42. The van der Waals surface area contributed by atoms with E-state index in [0.717, 1.165) is 45.2 Å². The lowest BCUT2D eigenvalue weighted by atomic mass is 9.86. The molecule has 0 amide bonds. The van der Waals surface area contributed by atoms with Crippen molar-refractivity contribution in [2.45, 2.75) is 52.4 Å². The van der Waals surface area contributed by atoms with Gasteiger partial charge in [-0.05, 0) is 23.8 Å². The monoisotopic (exact) mass is 413 g/mol. The molecule has 0 aliphatic carbocycles. The van der Waals surface area contributed by atoms with Gasteiger partial charge < -0.3 is 4.74 Å². The van der Waals surface area contributed by atoms with Crippen molar-refractivity contribution in [1.82, 2.24) is 14.6 Å². The molecule has 0 unspecified atom stereocenters. The third kappa shape index (κ3) is 3.95. The lowest BCUT2D eigenvalue weighted by Crippen LogP contribution is -2.22. The highest BCUT2D eigenvalue weighted by Gasteiger charge is 2.28. The van der Waals surface area contributed by atoms with Gasteiger partial charge in [-0.15, -0.1) is 0 Å². The normalized spacial score (nSPS) is 12.4. The summed E-state index contributed by atoms with van der Waals surface area (Å²) in [5.41, 5.74) is 7.10. The van der Waals surface area contributed by atoms with Gasteiger partial charge in [-0.2, -0.15) is 5.10 Å². The summed E-state index contributed by atoms with van der Waals surface area (Å²) in [6.07, 6.45) is 0. The van der Waals surface area contributed by atoms with Gasteiger partial charge >= 0.3 is 0 Å². The molecule has 2 heterocycles. The van der Waals surface area contributed by atoms with Gasteiger partial charge in [-0.25, -0.2) is 9.50 Å². The minimum atomic E-state index is -0.0850. The van der Waals surface area contributed by atoms with Crippen molar-refractivity contribution < 1.29 is 4.74 Å². The summed E-state index contributed by atoms with van der Waals surface area (Å²) in [4.78, 5) is 5.15. The fourth-order valence-electron chi connectivity index (χ4n) is 3.76. The molecule has 0 spiro atoms. The highest BCUT2D eigenvalue weighted by molar-refractivity contribution is 5.90. The van der Waals surface area contributed by atoms with Gasteiger partial charge in [0.25, 0.3) is 0 Å². The van der Waals surface area contributed by atoms with E-state index in [1.165, 1.54) is 0 Å². The van der Waals surface area contributed by atoms with E-state index in [-0.39, 0.29) is 10.8 Å². The fraction of sp³-hybridized carbons (Fsp3) is 0.333. The molecule has 0 fully saturated rings. The fourth-order valence-corrected chi connectivity index (χ4v) is 3.76. The van der Waals surface area contributed by atoms with Crippen LogP contribution in [-0.4, -0.2) is 21.7 Å². The average Bonchev–Trinajstić information content (AvgIpc) is 3.12. The topological polar surface area (TPSA) is 39.4 Å². The Kier molecular flexibility index (Phi) is 5.12. The van der Waals surface area contributed by atoms with Crippen LogP contribution in [0.1, 0.15) is 52.9 Å². The van der Waals surface area contributed by atoms with Crippen LogP contribution in [0, 0.1) is 0 Å². The molecule has 0 bridgehead atoms. The number of fused-ring (bicyclic) bond motifs is 1. The number of methoxy groups -OCH3 is 1. The van der Waals surface area contributed by atoms with E-state index < -0.39 is 0 Å². The molecular formula is C27H31N3O. The summed E-state index contributed by atoms with van der Waals surface area (Å²) >= 11 is 0. The number of ether oxygens (including phenoxy) is 1. The molecule has 0 aliphatic rings. The molecular weight excluding hydrogens is 382 g/mol. The van der Waals surface area contributed by atoms with E-state index in [1.807, 2.05) is 22.7 Å². The zero-order valence-corrected chi connectivity index (χ0v) is 19.5. The lowest BCUT2D eigenvalue weighted by molar-refractivity contribution is 0.415. The standard InChI is InChI=1S/C27H31N3O/c1-26(2,3)21-17-22(27(4,5)6)30-25(28-21)23(18-13-15-20(31-7)16-14-18)24(29-30)19-11-9-8-10-12-19/h8-17H,1-7H3. The van der Waals surface area contributed by atoms with Gasteiger partial charge in [0.05, 0.1) is 24.1 Å².